The standard InChI is InChI=1S/C25H24ClFN2O/c1-15-10-22-19(13-21(15)27)18(5-9-28-22)17-2-6-25(7-3-17)14-20(25)23(30)11-16-4-8-29-24(26)12-16/h4-5,8-10,12-13,17,20H,2-3,6-7,11,14H2,1H3. The maximum atomic E-state index is 14.2. The van der Waals surface area contributed by atoms with Crippen LogP contribution in [0.3, 0.4) is 0 Å². The van der Waals surface area contributed by atoms with E-state index in [2.05, 4.69) is 9.97 Å². The highest BCUT2D eigenvalue weighted by atomic mass is 35.5. The van der Waals surface area contributed by atoms with E-state index in [1.165, 1.54) is 5.56 Å². The van der Waals surface area contributed by atoms with Crippen LogP contribution in [0.1, 0.15) is 54.7 Å². The average Bonchev–Trinajstić information content (AvgIpc) is 3.43. The summed E-state index contributed by atoms with van der Waals surface area (Å²) in [4.78, 5) is 21.3. The molecule has 30 heavy (non-hydrogen) atoms. The van der Waals surface area contributed by atoms with Crippen molar-refractivity contribution >= 4 is 28.3 Å². The van der Waals surface area contributed by atoms with Gasteiger partial charge in [-0.15, -0.1) is 0 Å². The van der Waals surface area contributed by atoms with Gasteiger partial charge in [0.1, 0.15) is 16.8 Å². The molecule has 154 valence electrons. The number of carbonyl (C=O) groups is 1. The zero-order chi connectivity index (χ0) is 20.9. The number of benzene rings is 1. The molecule has 5 rings (SSSR count). The molecule has 2 aromatic heterocycles. The third-order valence-electron chi connectivity index (χ3n) is 7.22. The van der Waals surface area contributed by atoms with Gasteiger partial charge in [-0.2, -0.15) is 0 Å². The van der Waals surface area contributed by atoms with E-state index in [9.17, 15) is 9.18 Å². The fourth-order valence-corrected chi connectivity index (χ4v) is 5.58. The van der Waals surface area contributed by atoms with Crippen LogP contribution in [0.2, 0.25) is 5.15 Å². The second-order valence-corrected chi connectivity index (χ2v) is 9.43. The number of Topliss-reactive ketones (excluding diaryl/α,β-unsaturated/α-hetero) is 1. The Balaban J connectivity index is 1.28. The number of ketones is 1. The molecule has 3 nitrogen and oxygen atoms in total. The molecule has 0 N–H and O–H groups in total. The molecule has 1 unspecified atom stereocenters. The van der Waals surface area contributed by atoms with E-state index in [4.69, 9.17) is 11.6 Å². The first-order valence-electron chi connectivity index (χ1n) is 10.6. The number of aryl methyl sites for hydroxylation is 1. The molecular weight excluding hydrogens is 399 g/mol. The first-order chi connectivity index (χ1) is 14.4. The minimum atomic E-state index is -0.173. The Bertz CT molecular complexity index is 1140. The quantitative estimate of drug-likeness (QED) is 0.469. The Kier molecular flexibility index (Phi) is 4.85. The van der Waals surface area contributed by atoms with Crippen LogP contribution in [0.15, 0.2) is 42.7 Å². The van der Waals surface area contributed by atoms with Crippen LogP contribution in [0.4, 0.5) is 4.39 Å². The van der Waals surface area contributed by atoms with Crippen LogP contribution < -0.4 is 0 Å². The number of rotatable bonds is 4. The maximum Gasteiger partial charge on any atom is 0.140 e. The van der Waals surface area contributed by atoms with E-state index in [-0.39, 0.29) is 17.2 Å². The SMILES string of the molecule is Cc1cc2nccc(C3CCC4(CC3)CC4C(=O)Cc3ccnc(Cl)c3)c2cc1F. The average molecular weight is 423 g/mol. The van der Waals surface area contributed by atoms with Gasteiger partial charge in [0, 0.05) is 30.1 Å². The second-order valence-electron chi connectivity index (χ2n) is 9.04. The lowest BCUT2D eigenvalue weighted by atomic mass is 9.74. The minimum Gasteiger partial charge on any atom is -0.299 e. The van der Waals surface area contributed by atoms with Crippen molar-refractivity contribution in [2.24, 2.45) is 11.3 Å². The van der Waals surface area contributed by atoms with Crippen molar-refractivity contribution in [3.05, 3.63) is 70.4 Å². The van der Waals surface area contributed by atoms with Gasteiger partial charge >= 0.3 is 0 Å². The molecular formula is C25H24ClFN2O. The van der Waals surface area contributed by atoms with Crippen LogP contribution in [0.25, 0.3) is 10.9 Å². The summed E-state index contributed by atoms with van der Waals surface area (Å²) < 4.78 is 14.2. The van der Waals surface area contributed by atoms with E-state index >= 15 is 0 Å². The Hall–Kier alpha value is -2.33. The molecule has 2 aliphatic carbocycles. The second kappa shape index (κ2) is 7.42. The van der Waals surface area contributed by atoms with Crippen LogP contribution in [0.5, 0.6) is 0 Å². The van der Waals surface area contributed by atoms with Crippen molar-refractivity contribution in [3.8, 4) is 0 Å². The van der Waals surface area contributed by atoms with Crippen molar-refractivity contribution in [2.75, 3.05) is 0 Å². The Labute approximate surface area is 180 Å². The number of aromatic nitrogens is 2. The van der Waals surface area contributed by atoms with Crippen molar-refractivity contribution < 1.29 is 9.18 Å². The monoisotopic (exact) mass is 422 g/mol. The summed E-state index contributed by atoms with van der Waals surface area (Å²) in [5.41, 5.74) is 3.81. The van der Waals surface area contributed by atoms with E-state index in [1.807, 2.05) is 24.4 Å². The normalized spacial score (nSPS) is 25.6. The van der Waals surface area contributed by atoms with Gasteiger partial charge in [0.2, 0.25) is 0 Å². The third kappa shape index (κ3) is 3.51. The third-order valence-corrected chi connectivity index (χ3v) is 7.43. The fraction of sp³-hybridized carbons (Fsp3) is 0.400. The molecule has 0 aliphatic heterocycles. The summed E-state index contributed by atoms with van der Waals surface area (Å²) in [5.74, 6) is 0.717. The van der Waals surface area contributed by atoms with Crippen molar-refractivity contribution in [2.45, 2.75) is 51.4 Å². The zero-order valence-electron chi connectivity index (χ0n) is 17.0. The van der Waals surface area contributed by atoms with Gasteiger partial charge < -0.3 is 0 Å². The topological polar surface area (TPSA) is 42.9 Å². The number of halogens is 2. The van der Waals surface area contributed by atoms with Gasteiger partial charge in [-0.05, 0) is 97.4 Å². The van der Waals surface area contributed by atoms with Crippen LogP contribution in [0, 0.1) is 24.1 Å². The summed E-state index contributed by atoms with van der Waals surface area (Å²) in [5, 5.41) is 1.36. The molecule has 2 aliphatic rings. The van der Waals surface area contributed by atoms with E-state index < -0.39 is 0 Å². The Morgan fingerprint density at radius 1 is 1.17 bits per heavy atom. The number of carbonyl (C=O) groups excluding carboxylic acids is 1. The highest BCUT2D eigenvalue weighted by Crippen LogP contribution is 2.63. The Morgan fingerprint density at radius 3 is 2.70 bits per heavy atom. The minimum absolute atomic E-state index is 0.166. The summed E-state index contributed by atoms with van der Waals surface area (Å²) in [6.45, 7) is 1.78. The Morgan fingerprint density at radius 2 is 1.93 bits per heavy atom. The van der Waals surface area contributed by atoms with E-state index in [1.54, 1.807) is 25.3 Å². The van der Waals surface area contributed by atoms with Gasteiger partial charge in [0.25, 0.3) is 0 Å². The predicted molar refractivity (Wildman–Crippen MR) is 116 cm³/mol. The largest absolute Gasteiger partial charge is 0.299 e. The van der Waals surface area contributed by atoms with Gasteiger partial charge in [0.15, 0.2) is 0 Å². The van der Waals surface area contributed by atoms with Gasteiger partial charge in [0.05, 0.1) is 5.52 Å². The van der Waals surface area contributed by atoms with Crippen LogP contribution in [-0.4, -0.2) is 15.8 Å². The van der Waals surface area contributed by atoms with Gasteiger partial charge in [-0.1, -0.05) is 11.6 Å². The first-order valence-corrected chi connectivity index (χ1v) is 11.0. The molecule has 0 amide bonds. The molecule has 0 bridgehead atoms. The molecule has 1 spiro atoms. The smallest absolute Gasteiger partial charge is 0.140 e. The number of pyridine rings is 2. The number of hydrogen-bond donors (Lipinski definition) is 0. The van der Waals surface area contributed by atoms with E-state index in [0.29, 0.717) is 28.8 Å². The number of nitrogens with zero attached hydrogens (tertiary/aromatic N) is 2. The van der Waals surface area contributed by atoms with Gasteiger partial charge in [-0.3, -0.25) is 9.78 Å². The van der Waals surface area contributed by atoms with Gasteiger partial charge in [-0.25, -0.2) is 9.37 Å². The lowest BCUT2D eigenvalue weighted by Gasteiger charge is -2.30. The lowest BCUT2D eigenvalue weighted by molar-refractivity contribution is -0.120. The number of hydrogen-bond acceptors (Lipinski definition) is 3. The van der Waals surface area contributed by atoms with Crippen molar-refractivity contribution in [3.63, 3.8) is 0 Å². The summed E-state index contributed by atoms with van der Waals surface area (Å²) in [6, 6.07) is 9.16. The fourth-order valence-electron chi connectivity index (χ4n) is 5.38. The molecule has 0 saturated heterocycles. The molecule has 3 aromatic rings. The van der Waals surface area contributed by atoms with Crippen LogP contribution in [-0.2, 0) is 11.2 Å². The van der Waals surface area contributed by atoms with Crippen LogP contribution >= 0.6 is 11.6 Å². The molecule has 0 radical (unpaired) electrons. The first kappa shape index (κ1) is 19.6. The summed E-state index contributed by atoms with van der Waals surface area (Å²) in [7, 11) is 0. The highest BCUT2D eigenvalue weighted by molar-refractivity contribution is 6.29. The highest BCUT2D eigenvalue weighted by Gasteiger charge is 2.57. The maximum absolute atomic E-state index is 14.2. The lowest BCUT2D eigenvalue weighted by Crippen LogP contribution is -2.20. The molecule has 1 aromatic carbocycles. The van der Waals surface area contributed by atoms with Crippen molar-refractivity contribution in [1.29, 1.82) is 0 Å². The molecule has 2 heterocycles. The van der Waals surface area contributed by atoms with E-state index in [0.717, 1.165) is 48.6 Å². The summed E-state index contributed by atoms with van der Waals surface area (Å²) >= 11 is 5.95. The molecule has 5 heteroatoms. The number of fused-ring (bicyclic) bond motifs is 1. The molecule has 2 fully saturated rings. The molecule has 2 saturated carbocycles. The molecule has 1 atom stereocenters. The zero-order valence-corrected chi connectivity index (χ0v) is 17.8. The van der Waals surface area contributed by atoms with Crippen molar-refractivity contribution in [1.82, 2.24) is 9.97 Å². The summed E-state index contributed by atoms with van der Waals surface area (Å²) in [6.07, 6.45) is 9.13. The predicted octanol–water partition coefficient (Wildman–Crippen LogP) is 6.21.